The molecule has 0 bridgehead atoms. The third-order valence-corrected chi connectivity index (χ3v) is 5.94. The maximum Gasteiger partial charge on any atom is 0.0287 e. The van der Waals surface area contributed by atoms with E-state index in [-0.39, 0.29) is 10.1 Å². The molecule has 1 atom stereocenters. The first-order valence-corrected chi connectivity index (χ1v) is 12.3. The fourth-order valence-electron chi connectivity index (χ4n) is 4.11. The molecule has 168 valence electrons. The molecule has 0 aliphatic rings. The SMILES string of the molecule is CC#CC(C)(CCCN)CCCCCCCCCCCCCCCCCC.F. The Morgan fingerprint density at radius 2 is 0.964 bits per heavy atom. The fourth-order valence-corrected chi connectivity index (χ4v) is 4.11. The normalized spacial score (nSPS) is 12.7. The monoisotopic (exact) mass is 397 g/mol. The Bertz CT molecular complexity index is 357. The van der Waals surface area contributed by atoms with Gasteiger partial charge in [-0.3, -0.25) is 4.70 Å². The van der Waals surface area contributed by atoms with Gasteiger partial charge in [0.25, 0.3) is 0 Å². The highest BCUT2D eigenvalue weighted by Crippen LogP contribution is 2.29. The molecule has 2 heteroatoms. The van der Waals surface area contributed by atoms with Crippen molar-refractivity contribution in [2.75, 3.05) is 6.54 Å². The molecule has 0 spiro atoms. The van der Waals surface area contributed by atoms with Crippen LogP contribution in [0, 0.1) is 17.3 Å². The van der Waals surface area contributed by atoms with Crippen LogP contribution in [0.15, 0.2) is 0 Å². The predicted octanol–water partition coefficient (Wildman–Crippen LogP) is 8.56. The zero-order valence-corrected chi connectivity index (χ0v) is 19.6. The van der Waals surface area contributed by atoms with Crippen molar-refractivity contribution in [3.8, 4) is 11.8 Å². The quantitative estimate of drug-likeness (QED) is 0.161. The van der Waals surface area contributed by atoms with Crippen molar-refractivity contribution in [2.24, 2.45) is 11.1 Å². The van der Waals surface area contributed by atoms with Crippen LogP contribution in [0.25, 0.3) is 0 Å². The molecule has 0 saturated carbocycles. The van der Waals surface area contributed by atoms with Crippen LogP contribution in [0.2, 0.25) is 0 Å². The van der Waals surface area contributed by atoms with Crippen LogP contribution in [-0.4, -0.2) is 6.54 Å². The Kier molecular flexibility index (Phi) is 24.1. The summed E-state index contributed by atoms with van der Waals surface area (Å²) in [5, 5.41) is 0. The van der Waals surface area contributed by atoms with Crippen molar-refractivity contribution in [1.82, 2.24) is 0 Å². The molecular formula is C26H52FN. The molecule has 0 amide bonds. The van der Waals surface area contributed by atoms with Gasteiger partial charge in [0.15, 0.2) is 0 Å². The van der Waals surface area contributed by atoms with Crippen molar-refractivity contribution in [2.45, 2.75) is 143 Å². The number of hydrogen-bond acceptors (Lipinski definition) is 1. The van der Waals surface area contributed by atoms with Crippen molar-refractivity contribution in [1.29, 1.82) is 0 Å². The number of nitrogens with two attached hydrogens (primary N) is 1. The minimum absolute atomic E-state index is 0. The van der Waals surface area contributed by atoms with Gasteiger partial charge in [-0.1, -0.05) is 116 Å². The van der Waals surface area contributed by atoms with Gasteiger partial charge < -0.3 is 5.73 Å². The molecule has 0 fully saturated rings. The van der Waals surface area contributed by atoms with Crippen LogP contribution in [0.3, 0.4) is 0 Å². The van der Waals surface area contributed by atoms with Gasteiger partial charge in [0.1, 0.15) is 0 Å². The highest BCUT2D eigenvalue weighted by molar-refractivity contribution is 5.08. The summed E-state index contributed by atoms with van der Waals surface area (Å²) in [4.78, 5) is 0. The van der Waals surface area contributed by atoms with Crippen molar-refractivity contribution in [3.63, 3.8) is 0 Å². The summed E-state index contributed by atoms with van der Waals surface area (Å²) in [6.07, 6.45) is 26.4. The largest absolute Gasteiger partial charge is 0.330 e. The van der Waals surface area contributed by atoms with Gasteiger partial charge in [0.05, 0.1) is 0 Å². The lowest BCUT2D eigenvalue weighted by Gasteiger charge is -2.23. The highest BCUT2D eigenvalue weighted by Gasteiger charge is 2.19. The number of unbranched alkanes of at least 4 members (excludes halogenated alkanes) is 15. The van der Waals surface area contributed by atoms with E-state index in [1.54, 1.807) is 0 Å². The van der Waals surface area contributed by atoms with Gasteiger partial charge in [-0.2, -0.15) is 0 Å². The van der Waals surface area contributed by atoms with Gasteiger partial charge in [-0.05, 0) is 39.7 Å². The average molecular weight is 398 g/mol. The first kappa shape index (κ1) is 29.6. The molecule has 0 aliphatic carbocycles. The Labute approximate surface area is 177 Å². The van der Waals surface area contributed by atoms with E-state index in [1.165, 1.54) is 109 Å². The zero-order chi connectivity index (χ0) is 20.1. The van der Waals surface area contributed by atoms with Crippen molar-refractivity contribution >= 4 is 0 Å². The van der Waals surface area contributed by atoms with Crippen LogP contribution in [0.5, 0.6) is 0 Å². The molecule has 1 unspecified atom stereocenters. The molecular weight excluding hydrogens is 345 g/mol. The summed E-state index contributed by atoms with van der Waals surface area (Å²) in [5.74, 6) is 6.57. The molecule has 0 rings (SSSR count). The van der Waals surface area contributed by atoms with Crippen LogP contribution in [0.1, 0.15) is 143 Å². The second kappa shape index (κ2) is 22.7. The zero-order valence-electron chi connectivity index (χ0n) is 19.6. The standard InChI is InChI=1S/C26H51N.FH/c1-4-6-7-8-9-10-11-12-13-14-15-16-17-18-19-20-23-26(3,22-5-2)24-21-25-27;/h4,6-21,23-25,27H2,1-3H3;1H. The van der Waals surface area contributed by atoms with E-state index in [9.17, 15) is 0 Å². The van der Waals surface area contributed by atoms with Gasteiger partial charge in [0.2, 0.25) is 0 Å². The maximum atomic E-state index is 5.67. The van der Waals surface area contributed by atoms with Gasteiger partial charge in [-0.15, -0.1) is 5.92 Å². The Balaban J connectivity index is 0. The summed E-state index contributed by atoms with van der Waals surface area (Å²) in [6.45, 7) is 7.38. The second-order valence-corrected chi connectivity index (χ2v) is 8.88. The minimum Gasteiger partial charge on any atom is -0.330 e. The predicted molar refractivity (Wildman–Crippen MR) is 127 cm³/mol. The fraction of sp³-hybridized carbons (Fsp3) is 0.923. The summed E-state index contributed by atoms with van der Waals surface area (Å²) < 4.78 is 0. The lowest BCUT2D eigenvalue weighted by atomic mass is 9.81. The number of rotatable bonds is 20. The van der Waals surface area contributed by atoms with E-state index < -0.39 is 0 Å². The summed E-state index contributed by atoms with van der Waals surface area (Å²) in [7, 11) is 0. The molecule has 0 aromatic heterocycles. The van der Waals surface area contributed by atoms with Crippen molar-refractivity contribution < 1.29 is 4.70 Å². The molecule has 28 heavy (non-hydrogen) atoms. The molecule has 1 nitrogen and oxygen atoms in total. The Morgan fingerprint density at radius 1 is 0.607 bits per heavy atom. The lowest BCUT2D eigenvalue weighted by molar-refractivity contribution is 0.351. The van der Waals surface area contributed by atoms with Gasteiger partial charge in [0, 0.05) is 5.41 Å². The van der Waals surface area contributed by atoms with E-state index in [4.69, 9.17) is 5.73 Å². The van der Waals surface area contributed by atoms with Crippen LogP contribution >= 0.6 is 0 Å². The average Bonchev–Trinajstić information content (AvgIpc) is 2.66. The number of halogens is 1. The molecule has 2 N–H and O–H groups in total. The smallest absolute Gasteiger partial charge is 0.0287 e. The number of hydrogen-bond donors (Lipinski definition) is 1. The van der Waals surface area contributed by atoms with E-state index in [0.717, 1.165) is 19.4 Å². The summed E-state index contributed by atoms with van der Waals surface area (Å²) in [5.41, 5.74) is 5.87. The van der Waals surface area contributed by atoms with Crippen molar-refractivity contribution in [3.05, 3.63) is 0 Å². The van der Waals surface area contributed by atoms with Crippen LogP contribution < -0.4 is 5.73 Å². The molecule has 0 aromatic carbocycles. The third kappa shape index (κ3) is 20.2. The van der Waals surface area contributed by atoms with E-state index >= 15 is 0 Å². The van der Waals surface area contributed by atoms with E-state index in [1.807, 2.05) is 6.92 Å². The Hall–Kier alpha value is -0.550. The molecule has 0 radical (unpaired) electrons. The van der Waals surface area contributed by atoms with Crippen LogP contribution in [0.4, 0.5) is 4.70 Å². The first-order chi connectivity index (χ1) is 13.2. The first-order valence-electron chi connectivity index (χ1n) is 12.3. The molecule has 0 aliphatic heterocycles. The Morgan fingerprint density at radius 3 is 1.32 bits per heavy atom. The minimum atomic E-state index is 0. The maximum absolute atomic E-state index is 5.67. The van der Waals surface area contributed by atoms with E-state index in [0.29, 0.717) is 0 Å². The van der Waals surface area contributed by atoms with E-state index in [2.05, 4.69) is 25.7 Å². The van der Waals surface area contributed by atoms with Gasteiger partial charge >= 0.3 is 0 Å². The molecule has 0 aromatic rings. The van der Waals surface area contributed by atoms with Gasteiger partial charge in [-0.25, -0.2) is 0 Å². The third-order valence-electron chi connectivity index (χ3n) is 5.94. The highest BCUT2D eigenvalue weighted by atomic mass is 19.0. The summed E-state index contributed by atoms with van der Waals surface area (Å²) in [6, 6.07) is 0. The van der Waals surface area contributed by atoms with Crippen LogP contribution in [-0.2, 0) is 0 Å². The summed E-state index contributed by atoms with van der Waals surface area (Å²) >= 11 is 0. The second-order valence-electron chi connectivity index (χ2n) is 8.88. The topological polar surface area (TPSA) is 26.0 Å². The lowest BCUT2D eigenvalue weighted by Crippen LogP contribution is -2.16. The molecule has 0 saturated heterocycles. The molecule has 0 heterocycles.